The summed E-state index contributed by atoms with van der Waals surface area (Å²) in [6.45, 7) is 9.60. The summed E-state index contributed by atoms with van der Waals surface area (Å²) in [6, 6.07) is 10.6. The topological polar surface area (TPSA) is 45.2 Å². The van der Waals surface area contributed by atoms with Crippen LogP contribution >= 0.6 is 0 Å². The van der Waals surface area contributed by atoms with Gasteiger partial charge in [0.25, 0.3) is 5.91 Å². The van der Waals surface area contributed by atoms with E-state index >= 15 is 0 Å². The van der Waals surface area contributed by atoms with Gasteiger partial charge in [0, 0.05) is 38.5 Å². The van der Waals surface area contributed by atoms with Gasteiger partial charge in [-0.2, -0.15) is 0 Å². The number of allylic oxidation sites excluding steroid dienone is 2. The first-order valence-corrected chi connectivity index (χ1v) is 12.7. The fourth-order valence-corrected chi connectivity index (χ4v) is 5.91. The standard InChI is InChI=1S/C30H34N3O.H2/c1-29(2)17-24-15-23(24)14-21-6-7-22(16-25(21)29)28(34)31-19-30(3)11-10-20-8-9-27(32-26(20)18-30)33-12-4-5-13-33;/h6-10,15-16,18H,4-5,11-14,17,19H2,1-3H3,(H,31,34);1H. The van der Waals surface area contributed by atoms with Gasteiger partial charge in [-0.3, -0.25) is 4.79 Å². The zero-order valence-corrected chi connectivity index (χ0v) is 20.6. The number of fused-ring (bicyclic) bond motifs is 2. The highest BCUT2D eigenvalue weighted by Gasteiger charge is 2.36. The summed E-state index contributed by atoms with van der Waals surface area (Å²) in [4.78, 5) is 20.5. The lowest BCUT2D eigenvalue weighted by atomic mass is 9.77. The van der Waals surface area contributed by atoms with Gasteiger partial charge in [0.1, 0.15) is 5.82 Å². The predicted molar refractivity (Wildman–Crippen MR) is 140 cm³/mol. The summed E-state index contributed by atoms with van der Waals surface area (Å²) in [5.74, 6) is 1.09. The zero-order valence-electron chi connectivity index (χ0n) is 20.6. The van der Waals surface area contributed by atoms with Gasteiger partial charge in [0.2, 0.25) is 0 Å². The number of amides is 1. The highest BCUT2D eigenvalue weighted by Crippen LogP contribution is 2.47. The van der Waals surface area contributed by atoms with Crippen molar-refractivity contribution in [3.05, 3.63) is 75.2 Å². The molecule has 0 saturated carbocycles. The van der Waals surface area contributed by atoms with Crippen LogP contribution in [0, 0.1) is 11.8 Å². The predicted octanol–water partition coefficient (Wildman–Crippen LogP) is 4.07. The molecule has 1 N–H and O–H groups in total. The quantitative estimate of drug-likeness (QED) is 0.758. The van der Waals surface area contributed by atoms with E-state index in [2.05, 4.69) is 73.8 Å². The summed E-state index contributed by atoms with van der Waals surface area (Å²) < 4.78 is 0. The highest BCUT2D eigenvalue weighted by atomic mass is 16.1. The molecule has 1 saturated heterocycles. The van der Waals surface area contributed by atoms with Crippen LogP contribution in [0.15, 0.2) is 41.5 Å². The number of nitrogens with zero attached hydrogens (tertiary/aromatic N) is 2. The molecule has 1 fully saturated rings. The number of anilines is 1. The Hall–Kier alpha value is -2.88. The van der Waals surface area contributed by atoms with E-state index in [1.165, 1.54) is 40.3 Å². The van der Waals surface area contributed by atoms with E-state index in [0.717, 1.165) is 49.1 Å². The van der Waals surface area contributed by atoms with Crippen LogP contribution < -0.4 is 20.8 Å². The number of pyridine rings is 1. The van der Waals surface area contributed by atoms with E-state index in [1.807, 2.05) is 6.07 Å². The molecule has 1 aliphatic heterocycles. The Kier molecular flexibility index (Phi) is 4.98. The van der Waals surface area contributed by atoms with Crippen LogP contribution in [0.25, 0.3) is 12.2 Å². The maximum Gasteiger partial charge on any atom is 0.251 e. The molecule has 6 rings (SSSR count). The van der Waals surface area contributed by atoms with Crippen molar-refractivity contribution in [3.63, 3.8) is 0 Å². The summed E-state index contributed by atoms with van der Waals surface area (Å²) in [5.41, 5.74) is 6.34. The number of carbonyl (C=O) groups excluding carboxylic acids is 1. The summed E-state index contributed by atoms with van der Waals surface area (Å²) in [6.07, 6.45) is 12.3. The van der Waals surface area contributed by atoms with Gasteiger partial charge in [-0.1, -0.05) is 50.1 Å². The molecule has 4 nitrogen and oxygen atoms in total. The molecule has 3 aliphatic carbocycles. The monoisotopic (exact) mass is 454 g/mol. The van der Waals surface area contributed by atoms with Gasteiger partial charge in [-0.25, -0.2) is 4.98 Å². The molecular formula is C30H36N3O. The molecule has 4 aliphatic rings. The zero-order chi connectivity index (χ0) is 23.5. The lowest BCUT2D eigenvalue weighted by Gasteiger charge is -2.28. The van der Waals surface area contributed by atoms with E-state index in [4.69, 9.17) is 4.98 Å². The van der Waals surface area contributed by atoms with Crippen molar-refractivity contribution in [3.8, 4) is 0 Å². The van der Waals surface area contributed by atoms with Crippen molar-refractivity contribution < 1.29 is 6.22 Å². The Morgan fingerprint density at radius 1 is 1.12 bits per heavy atom. The second kappa shape index (κ2) is 7.83. The highest BCUT2D eigenvalue weighted by molar-refractivity contribution is 5.94. The Balaban J connectivity index is 0.00000253. The molecule has 4 heteroatoms. The third-order valence-corrected chi connectivity index (χ3v) is 8.09. The van der Waals surface area contributed by atoms with Crippen LogP contribution in [0.2, 0.25) is 0 Å². The number of aromatic nitrogens is 1. The molecule has 1 aromatic carbocycles. The molecule has 177 valence electrons. The number of carbonyl (C=O) groups is 1. The number of hydrogen-bond donors (Lipinski definition) is 1. The number of nitrogens with one attached hydrogen (secondary N) is 1. The number of benzene rings is 1. The van der Waals surface area contributed by atoms with Crippen molar-refractivity contribution in [2.45, 2.75) is 58.3 Å². The molecule has 1 unspecified atom stereocenters. The van der Waals surface area contributed by atoms with Crippen LogP contribution in [-0.2, 0) is 11.8 Å². The van der Waals surface area contributed by atoms with Crippen LogP contribution in [0.3, 0.4) is 0 Å². The van der Waals surface area contributed by atoms with Gasteiger partial charge >= 0.3 is 0 Å². The van der Waals surface area contributed by atoms with Crippen molar-refractivity contribution in [1.29, 1.82) is 0 Å². The third kappa shape index (κ3) is 3.97. The average Bonchev–Trinajstić information content (AvgIpc) is 3.31. The Bertz CT molecular complexity index is 1340. The molecule has 1 aromatic heterocycles. The minimum Gasteiger partial charge on any atom is -0.357 e. The molecule has 1 radical (unpaired) electrons. The number of rotatable bonds is 4. The maximum absolute atomic E-state index is 13.2. The first-order chi connectivity index (χ1) is 16.3. The van der Waals surface area contributed by atoms with E-state index in [0.29, 0.717) is 6.54 Å². The summed E-state index contributed by atoms with van der Waals surface area (Å²) >= 11 is 0. The first kappa shape index (κ1) is 21.6. The van der Waals surface area contributed by atoms with E-state index < -0.39 is 0 Å². The SMILES string of the molecule is CC1(CNC(=O)c2ccc3c(c2)C(C)(C)CC2=C([CH]2)C3)C=c2nc(N3CCCC3)ccc2=CC1.[HH]. The fourth-order valence-electron chi connectivity index (χ4n) is 5.91. The Labute approximate surface area is 204 Å². The van der Waals surface area contributed by atoms with Crippen LogP contribution in [0.5, 0.6) is 0 Å². The first-order valence-electron chi connectivity index (χ1n) is 12.7. The van der Waals surface area contributed by atoms with Crippen LogP contribution in [0.1, 0.15) is 69.4 Å². The second-order valence-corrected chi connectivity index (χ2v) is 11.5. The molecule has 34 heavy (non-hydrogen) atoms. The normalized spacial score (nSPS) is 24.3. The van der Waals surface area contributed by atoms with Crippen LogP contribution in [0.4, 0.5) is 5.82 Å². The third-order valence-electron chi connectivity index (χ3n) is 8.09. The molecule has 1 amide bonds. The molecule has 0 spiro atoms. The molecule has 0 bridgehead atoms. The van der Waals surface area contributed by atoms with Gasteiger partial charge in [-0.15, -0.1) is 0 Å². The van der Waals surface area contributed by atoms with E-state index in [-0.39, 0.29) is 18.2 Å². The van der Waals surface area contributed by atoms with E-state index in [9.17, 15) is 4.79 Å². The van der Waals surface area contributed by atoms with Gasteiger partial charge < -0.3 is 10.2 Å². The van der Waals surface area contributed by atoms with Crippen molar-refractivity contribution >= 4 is 23.9 Å². The maximum atomic E-state index is 13.2. The summed E-state index contributed by atoms with van der Waals surface area (Å²) in [7, 11) is 0. The molecular weight excluding hydrogens is 418 g/mol. The average molecular weight is 455 g/mol. The number of hydrogen-bond acceptors (Lipinski definition) is 3. The lowest BCUT2D eigenvalue weighted by molar-refractivity contribution is 0.0943. The second-order valence-electron chi connectivity index (χ2n) is 11.5. The minimum atomic E-state index is -0.144. The fraction of sp³-hybridized carbons (Fsp3) is 0.433. The van der Waals surface area contributed by atoms with Crippen molar-refractivity contribution in [2.24, 2.45) is 5.41 Å². The Morgan fingerprint density at radius 2 is 1.94 bits per heavy atom. The van der Waals surface area contributed by atoms with Crippen molar-refractivity contribution in [2.75, 3.05) is 24.5 Å². The Morgan fingerprint density at radius 3 is 2.76 bits per heavy atom. The largest absolute Gasteiger partial charge is 0.357 e. The van der Waals surface area contributed by atoms with Crippen molar-refractivity contribution in [1.82, 2.24) is 10.3 Å². The van der Waals surface area contributed by atoms with Gasteiger partial charge in [-0.05, 0) is 78.1 Å². The molecule has 2 heterocycles. The van der Waals surface area contributed by atoms with Crippen LogP contribution in [-0.4, -0.2) is 30.5 Å². The van der Waals surface area contributed by atoms with E-state index in [1.54, 1.807) is 0 Å². The lowest BCUT2D eigenvalue weighted by Crippen LogP contribution is -2.41. The molecule has 2 aromatic rings. The minimum absolute atomic E-state index is 0. The van der Waals surface area contributed by atoms with Gasteiger partial charge in [0.05, 0.1) is 5.35 Å². The summed E-state index contributed by atoms with van der Waals surface area (Å²) in [5, 5.41) is 5.48. The molecule has 1 atom stereocenters. The van der Waals surface area contributed by atoms with Gasteiger partial charge in [0.15, 0.2) is 0 Å². The smallest absolute Gasteiger partial charge is 0.251 e.